The van der Waals surface area contributed by atoms with Gasteiger partial charge < -0.3 is 10.2 Å². The number of amides is 1. The summed E-state index contributed by atoms with van der Waals surface area (Å²) in [4.78, 5) is 14.3. The van der Waals surface area contributed by atoms with Crippen LogP contribution in [0.4, 0.5) is 0 Å². The number of rotatable bonds is 3. The molecule has 2 fully saturated rings. The van der Waals surface area contributed by atoms with Crippen LogP contribution in [-0.2, 0) is 4.79 Å². The molecule has 1 heterocycles. The first-order valence-corrected chi connectivity index (χ1v) is 6.78. The first-order valence-electron chi connectivity index (χ1n) is 6.78. The number of benzene rings is 1. The third-order valence-electron chi connectivity index (χ3n) is 4.11. The molecule has 1 N–H and O–H groups in total. The minimum Gasteiger partial charge on any atom is -0.352 e. The number of nitrogens with one attached hydrogen (secondary N) is 1. The Morgan fingerprint density at radius 1 is 1.33 bits per heavy atom. The summed E-state index contributed by atoms with van der Waals surface area (Å²) in [6.07, 6.45) is 2.10. The third kappa shape index (κ3) is 2.41. The average molecular weight is 244 g/mol. The number of carbonyl (C=O) groups excluding carboxylic acids is 1. The number of carbonyl (C=O) groups is 1. The van der Waals surface area contributed by atoms with E-state index in [0.717, 1.165) is 25.9 Å². The van der Waals surface area contributed by atoms with E-state index >= 15 is 0 Å². The molecule has 3 atom stereocenters. The van der Waals surface area contributed by atoms with Gasteiger partial charge in [-0.2, -0.15) is 0 Å². The molecule has 96 valence electrons. The van der Waals surface area contributed by atoms with Crippen LogP contribution in [0.15, 0.2) is 30.3 Å². The van der Waals surface area contributed by atoms with E-state index in [9.17, 15) is 4.79 Å². The van der Waals surface area contributed by atoms with Gasteiger partial charge in [0, 0.05) is 18.5 Å². The lowest BCUT2D eigenvalue weighted by atomic mass is 10.1. The number of likely N-dealkylation sites (tertiary alicyclic amines) is 1. The Bertz CT molecular complexity index is 431. The predicted molar refractivity (Wildman–Crippen MR) is 71.3 cm³/mol. The molecule has 0 radical (unpaired) electrons. The van der Waals surface area contributed by atoms with E-state index in [4.69, 9.17) is 0 Å². The van der Waals surface area contributed by atoms with Crippen molar-refractivity contribution in [2.75, 3.05) is 20.1 Å². The van der Waals surface area contributed by atoms with Crippen LogP contribution >= 0.6 is 0 Å². The molecular formula is C15H20N2O. The molecule has 1 saturated carbocycles. The molecule has 2 aliphatic rings. The highest BCUT2D eigenvalue weighted by Crippen LogP contribution is 2.40. The highest BCUT2D eigenvalue weighted by molar-refractivity contribution is 5.80. The van der Waals surface area contributed by atoms with Gasteiger partial charge >= 0.3 is 0 Å². The number of hydrogen-bond donors (Lipinski definition) is 1. The summed E-state index contributed by atoms with van der Waals surface area (Å²) in [5, 5.41) is 3.20. The molecule has 0 spiro atoms. The number of hydrogen-bond acceptors (Lipinski definition) is 2. The Kier molecular flexibility index (Phi) is 3.08. The van der Waals surface area contributed by atoms with Crippen molar-refractivity contribution in [3.05, 3.63) is 35.9 Å². The monoisotopic (exact) mass is 244 g/mol. The van der Waals surface area contributed by atoms with Crippen LogP contribution < -0.4 is 5.32 Å². The molecule has 2 unspecified atom stereocenters. The van der Waals surface area contributed by atoms with Crippen molar-refractivity contribution in [1.29, 1.82) is 0 Å². The molecule has 1 aromatic rings. The summed E-state index contributed by atoms with van der Waals surface area (Å²) in [6, 6.07) is 10.8. The van der Waals surface area contributed by atoms with Crippen LogP contribution in [0.25, 0.3) is 0 Å². The molecule has 0 bridgehead atoms. The van der Waals surface area contributed by atoms with Crippen molar-refractivity contribution in [2.45, 2.75) is 24.8 Å². The van der Waals surface area contributed by atoms with Crippen molar-refractivity contribution in [2.24, 2.45) is 5.92 Å². The summed E-state index contributed by atoms with van der Waals surface area (Å²) in [7, 11) is 2.08. The SMILES string of the molecule is CN1CCC(C(=O)N[C@H]2CC2c2ccccc2)C1. The first-order chi connectivity index (χ1) is 8.74. The van der Waals surface area contributed by atoms with Crippen molar-refractivity contribution >= 4 is 5.91 Å². The van der Waals surface area contributed by atoms with Gasteiger partial charge in [0.05, 0.1) is 5.92 Å². The van der Waals surface area contributed by atoms with Gasteiger partial charge in [-0.3, -0.25) is 4.79 Å². The molecule has 3 heteroatoms. The van der Waals surface area contributed by atoms with Gasteiger partial charge in [0.1, 0.15) is 0 Å². The van der Waals surface area contributed by atoms with Crippen molar-refractivity contribution < 1.29 is 4.79 Å². The Morgan fingerprint density at radius 3 is 2.78 bits per heavy atom. The summed E-state index contributed by atoms with van der Waals surface area (Å²) >= 11 is 0. The molecule has 0 aromatic heterocycles. The Labute approximate surface area is 108 Å². The fourth-order valence-corrected chi connectivity index (χ4v) is 2.87. The van der Waals surface area contributed by atoms with Crippen molar-refractivity contribution in [1.82, 2.24) is 10.2 Å². The second kappa shape index (κ2) is 4.73. The van der Waals surface area contributed by atoms with Crippen LogP contribution in [0.3, 0.4) is 0 Å². The van der Waals surface area contributed by atoms with Crippen molar-refractivity contribution in [3.63, 3.8) is 0 Å². The van der Waals surface area contributed by atoms with Crippen molar-refractivity contribution in [3.8, 4) is 0 Å². The molecule has 1 aliphatic heterocycles. The molecule has 1 amide bonds. The van der Waals surface area contributed by atoms with Crippen LogP contribution in [0, 0.1) is 5.92 Å². The Morgan fingerprint density at radius 2 is 2.11 bits per heavy atom. The summed E-state index contributed by atoms with van der Waals surface area (Å²) in [5.41, 5.74) is 1.35. The second-order valence-corrected chi connectivity index (χ2v) is 5.62. The zero-order valence-corrected chi connectivity index (χ0v) is 10.8. The largest absolute Gasteiger partial charge is 0.352 e. The molecular weight excluding hydrogens is 224 g/mol. The van der Waals surface area contributed by atoms with Gasteiger partial charge in [-0.25, -0.2) is 0 Å². The smallest absolute Gasteiger partial charge is 0.224 e. The summed E-state index contributed by atoms with van der Waals surface area (Å²) < 4.78 is 0. The van der Waals surface area contributed by atoms with Crippen LogP contribution in [0.1, 0.15) is 24.3 Å². The maximum Gasteiger partial charge on any atom is 0.224 e. The van der Waals surface area contributed by atoms with E-state index in [2.05, 4.69) is 41.5 Å². The minimum absolute atomic E-state index is 0.201. The van der Waals surface area contributed by atoms with Gasteiger partial charge in [0.2, 0.25) is 5.91 Å². The van der Waals surface area contributed by atoms with E-state index in [0.29, 0.717) is 12.0 Å². The van der Waals surface area contributed by atoms with Crippen LogP contribution in [0.2, 0.25) is 0 Å². The lowest BCUT2D eigenvalue weighted by molar-refractivity contribution is -0.124. The standard InChI is InChI=1S/C15H20N2O/c1-17-8-7-12(10-17)15(18)16-14-9-13(14)11-5-3-2-4-6-11/h2-6,12-14H,7-10H2,1H3,(H,16,18)/t12?,13?,14-/m0/s1. The predicted octanol–water partition coefficient (Wildman–Crippen LogP) is 1.61. The number of nitrogens with zero attached hydrogens (tertiary/aromatic N) is 1. The zero-order chi connectivity index (χ0) is 12.5. The lowest BCUT2D eigenvalue weighted by Crippen LogP contribution is -2.34. The van der Waals surface area contributed by atoms with Gasteiger partial charge in [-0.05, 0) is 32.0 Å². The topological polar surface area (TPSA) is 32.3 Å². The van der Waals surface area contributed by atoms with Gasteiger partial charge in [0.15, 0.2) is 0 Å². The molecule has 18 heavy (non-hydrogen) atoms. The summed E-state index contributed by atoms with van der Waals surface area (Å²) in [6.45, 7) is 1.96. The maximum atomic E-state index is 12.1. The maximum absolute atomic E-state index is 12.1. The van der Waals surface area contributed by atoms with E-state index in [1.807, 2.05) is 6.07 Å². The molecule has 3 nitrogen and oxygen atoms in total. The van der Waals surface area contributed by atoms with Gasteiger partial charge in [0.25, 0.3) is 0 Å². The fraction of sp³-hybridized carbons (Fsp3) is 0.533. The van der Waals surface area contributed by atoms with Crippen LogP contribution in [0.5, 0.6) is 0 Å². The molecule has 1 aromatic carbocycles. The lowest BCUT2D eigenvalue weighted by Gasteiger charge is -2.11. The first kappa shape index (κ1) is 11.7. The van der Waals surface area contributed by atoms with E-state index in [1.165, 1.54) is 5.56 Å². The molecule has 1 saturated heterocycles. The summed E-state index contributed by atoms with van der Waals surface area (Å²) in [5.74, 6) is 0.990. The average Bonchev–Trinajstić information content (AvgIpc) is 3.01. The van der Waals surface area contributed by atoms with E-state index < -0.39 is 0 Å². The third-order valence-corrected chi connectivity index (χ3v) is 4.11. The highest BCUT2D eigenvalue weighted by atomic mass is 16.2. The zero-order valence-electron chi connectivity index (χ0n) is 10.8. The normalized spacial score (nSPS) is 31.3. The highest BCUT2D eigenvalue weighted by Gasteiger charge is 2.40. The molecule has 3 rings (SSSR count). The minimum atomic E-state index is 0.201. The van der Waals surface area contributed by atoms with Gasteiger partial charge in [-0.1, -0.05) is 30.3 Å². The molecule has 1 aliphatic carbocycles. The fourth-order valence-electron chi connectivity index (χ4n) is 2.87. The quantitative estimate of drug-likeness (QED) is 0.876. The van der Waals surface area contributed by atoms with E-state index in [-0.39, 0.29) is 11.8 Å². The second-order valence-electron chi connectivity index (χ2n) is 5.62. The van der Waals surface area contributed by atoms with Crippen LogP contribution in [-0.4, -0.2) is 37.0 Å². The van der Waals surface area contributed by atoms with E-state index in [1.54, 1.807) is 0 Å². The Hall–Kier alpha value is -1.35. The van der Waals surface area contributed by atoms with Gasteiger partial charge in [-0.15, -0.1) is 0 Å². The Balaban J connectivity index is 1.52.